The predicted molar refractivity (Wildman–Crippen MR) is 74.5 cm³/mol. The number of anilines is 1. The number of carbonyl (C=O) groups excluding carboxylic acids is 1. The van der Waals surface area contributed by atoms with Crippen molar-refractivity contribution >= 4 is 23.1 Å². The third-order valence-electron chi connectivity index (χ3n) is 2.63. The number of nitrogens with zero attached hydrogens (tertiary/aromatic N) is 3. The molecule has 0 radical (unpaired) electrons. The smallest absolute Gasteiger partial charge is 0.343 e. The first kappa shape index (κ1) is 13.5. The van der Waals surface area contributed by atoms with Crippen molar-refractivity contribution in [3.05, 3.63) is 40.0 Å². The van der Waals surface area contributed by atoms with Crippen LogP contribution in [0.15, 0.2) is 23.7 Å². The summed E-state index contributed by atoms with van der Waals surface area (Å²) >= 11 is 1.67. The molecule has 0 amide bonds. The molecule has 0 aliphatic carbocycles. The molecule has 0 aromatic carbocycles. The molecule has 0 bridgehead atoms. The molecule has 0 aliphatic rings. The highest BCUT2D eigenvalue weighted by atomic mass is 32.1. The first-order valence-electron chi connectivity index (χ1n) is 5.77. The molecule has 2 rings (SSSR count). The Kier molecular flexibility index (Phi) is 4.11. The number of thiophene rings is 1. The zero-order valence-electron chi connectivity index (χ0n) is 11.1. The summed E-state index contributed by atoms with van der Waals surface area (Å²) < 4.78 is 4.76. The van der Waals surface area contributed by atoms with Gasteiger partial charge in [-0.25, -0.2) is 14.8 Å². The van der Waals surface area contributed by atoms with E-state index >= 15 is 0 Å². The van der Waals surface area contributed by atoms with Crippen LogP contribution in [0.5, 0.6) is 0 Å². The van der Waals surface area contributed by atoms with Gasteiger partial charge in [0.25, 0.3) is 0 Å². The lowest BCUT2D eigenvalue weighted by Crippen LogP contribution is -2.21. The molecule has 2 heterocycles. The van der Waals surface area contributed by atoms with Gasteiger partial charge in [-0.05, 0) is 18.4 Å². The van der Waals surface area contributed by atoms with Crippen molar-refractivity contribution in [2.75, 3.05) is 19.1 Å². The molecule has 6 heteroatoms. The second-order valence-electron chi connectivity index (χ2n) is 4.08. The van der Waals surface area contributed by atoms with E-state index in [1.807, 2.05) is 29.5 Å². The number of methoxy groups -OCH3 is 1. The quantitative estimate of drug-likeness (QED) is 0.802. The summed E-state index contributed by atoms with van der Waals surface area (Å²) in [5.74, 6) is 0.793. The van der Waals surface area contributed by atoms with Crippen LogP contribution in [0.2, 0.25) is 0 Å². The molecule has 0 saturated heterocycles. The number of aromatic nitrogens is 2. The van der Waals surface area contributed by atoms with Crippen LogP contribution in [0.1, 0.15) is 21.1 Å². The average Bonchev–Trinajstić information content (AvgIpc) is 2.90. The van der Waals surface area contributed by atoms with E-state index < -0.39 is 5.97 Å². The van der Waals surface area contributed by atoms with E-state index in [2.05, 4.69) is 9.97 Å². The number of carbonyl (C=O) groups is 1. The van der Waals surface area contributed by atoms with E-state index in [1.165, 1.54) is 18.2 Å². The summed E-state index contributed by atoms with van der Waals surface area (Å²) in [5, 5.41) is 2.02. The van der Waals surface area contributed by atoms with Gasteiger partial charge in [-0.15, -0.1) is 11.3 Å². The maximum Gasteiger partial charge on any atom is 0.343 e. The second kappa shape index (κ2) is 5.79. The Morgan fingerprint density at radius 2 is 2.32 bits per heavy atom. The summed E-state index contributed by atoms with van der Waals surface area (Å²) in [4.78, 5) is 23.2. The lowest BCUT2D eigenvalue weighted by molar-refractivity contribution is 0.0600. The Morgan fingerprint density at radius 3 is 2.95 bits per heavy atom. The lowest BCUT2D eigenvalue weighted by atomic mass is 10.3. The third kappa shape index (κ3) is 3.08. The van der Waals surface area contributed by atoms with Crippen molar-refractivity contribution in [3.63, 3.8) is 0 Å². The van der Waals surface area contributed by atoms with Gasteiger partial charge in [0.1, 0.15) is 17.2 Å². The van der Waals surface area contributed by atoms with Crippen molar-refractivity contribution in [2.45, 2.75) is 13.5 Å². The van der Waals surface area contributed by atoms with Gasteiger partial charge in [0.05, 0.1) is 13.7 Å². The van der Waals surface area contributed by atoms with E-state index in [1.54, 1.807) is 18.3 Å². The van der Waals surface area contributed by atoms with Crippen LogP contribution in [-0.4, -0.2) is 30.1 Å². The van der Waals surface area contributed by atoms with Crippen LogP contribution < -0.4 is 4.90 Å². The summed E-state index contributed by atoms with van der Waals surface area (Å²) in [6.45, 7) is 2.49. The lowest BCUT2D eigenvalue weighted by Gasteiger charge is -2.19. The number of hydrogen-bond acceptors (Lipinski definition) is 6. The Hall–Kier alpha value is -1.95. The Labute approximate surface area is 115 Å². The number of aryl methyl sites for hydroxylation is 1. The largest absolute Gasteiger partial charge is 0.465 e. The van der Waals surface area contributed by atoms with E-state index in [0.717, 1.165) is 0 Å². The summed E-state index contributed by atoms with van der Waals surface area (Å²) in [6, 6.07) is 4.05. The van der Waals surface area contributed by atoms with Crippen molar-refractivity contribution in [2.24, 2.45) is 0 Å². The summed E-state index contributed by atoms with van der Waals surface area (Å²) in [6.07, 6.45) is 1.51. The van der Waals surface area contributed by atoms with Crippen LogP contribution in [0.4, 0.5) is 5.82 Å². The van der Waals surface area contributed by atoms with Crippen molar-refractivity contribution in [1.29, 1.82) is 0 Å². The van der Waals surface area contributed by atoms with Gasteiger partial charge < -0.3 is 9.64 Å². The van der Waals surface area contributed by atoms with Crippen molar-refractivity contribution in [1.82, 2.24) is 9.97 Å². The second-order valence-corrected chi connectivity index (χ2v) is 5.11. The van der Waals surface area contributed by atoms with Crippen LogP contribution in [0.3, 0.4) is 0 Å². The molecule has 2 aromatic heterocycles. The first-order chi connectivity index (χ1) is 9.11. The highest BCUT2D eigenvalue weighted by Gasteiger charge is 2.18. The molecule has 2 aromatic rings. The molecule has 19 heavy (non-hydrogen) atoms. The fraction of sp³-hybridized carbons (Fsp3) is 0.308. The van der Waals surface area contributed by atoms with Crippen molar-refractivity contribution < 1.29 is 9.53 Å². The van der Waals surface area contributed by atoms with Crippen LogP contribution >= 0.6 is 11.3 Å². The molecule has 0 atom stereocenters. The fourth-order valence-electron chi connectivity index (χ4n) is 1.71. The molecule has 0 saturated carbocycles. The molecule has 0 spiro atoms. The third-order valence-corrected chi connectivity index (χ3v) is 3.49. The number of rotatable bonds is 4. The standard InChI is InChI=1S/C13H15N3O2S/c1-9-14-7-11(13(17)18-3)12(15-9)16(2)8-10-5-4-6-19-10/h4-7H,8H2,1-3H3. The van der Waals surface area contributed by atoms with E-state index in [9.17, 15) is 4.79 Å². The molecule has 5 nitrogen and oxygen atoms in total. The predicted octanol–water partition coefficient (Wildman–Crippen LogP) is 2.27. The van der Waals surface area contributed by atoms with Crippen LogP contribution in [0.25, 0.3) is 0 Å². The van der Waals surface area contributed by atoms with E-state index in [-0.39, 0.29) is 0 Å². The summed E-state index contributed by atoms with van der Waals surface area (Å²) in [5.41, 5.74) is 0.382. The minimum Gasteiger partial charge on any atom is -0.465 e. The van der Waals surface area contributed by atoms with Gasteiger partial charge in [0, 0.05) is 18.1 Å². The van der Waals surface area contributed by atoms with E-state index in [0.29, 0.717) is 23.8 Å². The van der Waals surface area contributed by atoms with Gasteiger partial charge in [-0.1, -0.05) is 6.07 Å². The Bertz CT molecular complexity index is 569. The Morgan fingerprint density at radius 1 is 1.53 bits per heavy atom. The number of hydrogen-bond donors (Lipinski definition) is 0. The van der Waals surface area contributed by atoms with Crippen LogP contribution in [-0.2, 0) is 11.3 Å². The van der Waals surface area contributed by atoms with Gasteiger partial charge in [0.2, 0.25) is 0 Å². The Balaban J connectivity index is 2.31. The minimum atomic E-state index is -0.423. The molecule has 0 fully saturated rings. The highest BCUT2D eigenvalue weighted by molar-refractivity contribution is 7.09. The topological polar surface area (TPSA) is 55.3 Å². The fourth-order valence-corrected chi connectivity index (χ4v) is 2.47. The molecule has 0 aliphatic heterocycles. The maximum absolute atomic E-state index is 11.7. The molecule has 0 N–H and O–H groups in total. The van der Waals surface area contributed by atoms with Gasteiger partial charge in [-0.2, -0.15) is 0 Å². The van der Waals surface area contributed by atoms with Gasteiger partial charge >= 0.3 is 5.97 Å². The maximum atomic E-state index is 11.7. The summed E-state index contributed by atoms with van der Waals surface area (Å²) in [7, 11) is 3.25. The van der Waals surface area contributed by atoms with E-state index in [4.69, 9.17) is 4.74 Å². The molecular formula is C13H15N3O2S. The van der Waals surface area contributed by atoms with Crippen LogP contribution in [0, 0.1) is 6.92 Å². The van der Waals surface area contributed by atoms with Crippen molar-refractivity contribution in [3.8, 4) is 0 Å². The monoisotopic (exact) mass is 277 g/mol. The molecule has 0 unspecified atom stereocenters. The zero-order chi connectivity index (χ0) is 13.8. The first-order valence-corrected chi connectivity index (χ1v) is 6.65. The minimum absolute atomic E-state index is 0.382. The number of esters is 1. The van der Waals surface area contributed by atoms with Gasteiger partial charge in [-0.3, -0.25) is 0 Å². The normalized spacial score (nSPS) is 10.3. The molecular weight excluding hydrogens is 262 g/mol. The zero-order valence-corrected chi connectivity index (χ0v) is 11.9. The SMILES string of the molecule is COC(=O)c1cnc(C)nc1N(C)Cc1cccs1. The molecule has 100 valence electrons. The average molecular weight is 277 g/mol. The van der Waals surface area contributed by atoms with Gasteiger partial charge in [0.15, 0.2) is 0 Å². The number of ether oxygens (including phenoxy) is 1. The highest BCUT2D eigenvalue weighted by Crippen LogP contribution is 2.20.